The van der Waals surface area contributed by atoms with Crippen LogP contribution in [-0.4, -0.2) is 12.8 Å². The number of hydrazone groups is 1. The lowest BCUT2D eigenvalue weighted by atomic mass is 10.1. The van der Waals surface area contributed by atoms with E-state index in [0.29, 0.717) is 0 Å². The van der Waals surface area contributed by atoms with Crippen molar-refractivity contribution < 1.29 is 4.74 Å². The zero-order valence-corrected chi connectivity index (χ0v) is 7.90. The van der Waals surface area contributed by atoms with Crippen LogP contribution in [0.1, 0.15) is 18.6 Å². The summed E-state index contributed by atoms with van der Waals surface area (Å²) in [5.74, 6) is 5.19. The summed E-state index contributed by atoms with van der Waals surface area (Å²) in [6.07, 6.45) is -0.133. The summed E-state index contributed by atoms with van der Waals surface area (Å²) < 4.78 is 5.28. The van der Waals surface area contributed by atoms with Crippen LogP contribution in [0.2, 0.25) is 0 Å². The first-order valence-corrected chi connectivity index (χ1v) is 4.11. The van der Waals surface area contributed by atoms with E-state index in [2.05, 4.69) is 5.10 Å². The minimum atomic E-state index is -0.133. The molecular formula is C10H14N2O. The minimum absolute atomic E-state index is 0.133. The quantitative estimate of drug-likeness (QED) is 0.435. The molecule has 0 aliphatic carbocycles. The SMILES string of the molecule is COC(/C(C)=N/N)c1ccccc1. The smallest absolute Gasteiger partial charge is 0.122 e. The number of rotatable bonds is 3. The van der Waals surface area contributed by atoms with Gasteiger partial charge in [0.05, 0.1) is 5.71 Å². The van der Waals surface area contributed by atoms with Crippen LogP contribution in [0.5, 0.6) is 0 Å². The van der Waals surface area contributed by atoms with Gasteiger partial charge in [-0.2, -0.15) is 5.10 Å². The van der Waals surface area contributed by atoms with Crippen molar-refractivity contribution in [1.82, 2.24) is 0 Å². The molecule has 1 rings (SSSR count). The molecule has 0 fully saturated rings. The van der Waals surface area contributed by atoms with Gasteiger partial charge in [-0.15, -0.1) is 0 Å². The van der Waals surface area contributed by atoms with Gasteiger partial charge in [0.25, 0.3) is 0 Å². The molecule has 1 atom stereocenters. The maximum Gasteiger partial charge on any atom is 0.122 e. The Morgan fingerprint density at radius 3 is 2.46 bits per heavy atom. The fraction of sp³-hybridized carbons (Fsp3) is 0.300. The number of benzene rings is 1. The third-order valence-corrected chi connectivity index (χ3v) is 1.92. The van der Waals surface area contributed by atoms with Crippen LogP contribution in [0.3, 0.4) is 0 Å². The summed E-state index contributed by atoms with van der Waals surface area (Å²) in [6, 6.07) is 9.87. The topological polar surface area (TPSA) is 47.6 Å². The van der Waals surface area contributed by atoms with Gasteiger partial charge in [-0.05, 0) is 12.5 Å². The van der Waals surface area contributed by atoms with Crippen molar-refractivity contribution in [2.45, 2.75) is 13.0 Å². The van der Waals surface area contributed by atoms with Gasteiger partial charge in [0.1, 0.15) is 6.10 Å². The van der Waals surface area contributed by atoms with E-state index in [-0.39, 0.29) is 6.10 Å². The highest BCUT2D eigenvalue weighted by molar-refractivity contribution is 5.87. The zero-order valence-electron chi connectivity index (χ0n) is 7.90. The largest absolute Gasteiger partial charge is 0.371 e. The highest BCUT2D eigenvalue weighted by atomic mass is 16.5. The molecule has 0 radical (unpaired) electrons. The Morgan fingerprint density at radius 2 is 2.00 bits per heavy atom. The molecule has 0 spiro atoms. The van der Waals surface area contributed by atoms with Crippen LogP contribution in [-0.2, 0) is 4.74 Å². The Balaban J connectivity index is 2.91. The molecule has 13 heavy (non-hydrogen) atoms. The van der Waals surface area contributed by atoms with Crippen LogP contribution in [0.25, 0.3) is 0 Å². The molecule has 0 heterocycles. The fourth-order valence-corrected chi connectivity index (χ4v) is 1.24. The summed E-state index contributed by atoms with van der Waals surface area (Å²) in [7, 11) is 1.65. The molecule has 3 heteroatoms. The molecule has 1 unspecified atom stereocenters. The maximum atomic E-state index is 5.28. The molecular weight excluding hydrogens is 164 g/mol. The minimum Gasteiger partial charge on any atom is -0.371 e. The second kappa shape index (κ2) is 4.62. The fourth-order valence-electron chi connectivity index (χ4n) is 1.24. The molecule has 3 nitrogen and oxygen atoms in total. The molecule has 70 valence electrons. The molecule has 2 N–H and O–H groups in total. The second-order valence-electron chi connectivity index (χ2n) is 2.80. The van der Waals surface area contributed by atoms with Gasteiger partial charge < -0.3 is 10.6 Å². The van der Waals surface area contributed by atoms with Crippen molar-refractivity contribution in [3.8, 4) is 0 Å². The average Bonchev–Trinajstić information content (AvgIpc) is 2.20. The number of methoxy groups -OCH3 is 1. The number of hydrogen-bond acceptors (Lipinski definition) is 3. The monoisotopic (exact) mass is 178 g/mol. The van der Waals surface area contributed by atoms with E-state index in [1.54, 1.807) is 7.11 Å². The van der Waals surface area contributed by atoms with Crippen LogP contribution in [0.4, 0.5) is 0 Å². The molecule has 0 saturated carbocycles. The highest BCUT2D eigenvalue weighted by Gasteiger charge is 2.12. The predicted molar refractivity (Wildman–Crippen MR) is 53.5 cm³/mol. The summed E-state index contributed by atoms with van der Waals surface area (Å²) in [5.41, 5.74) is 1.84. The van der Waals surface area contributed by atoms with Gasteiger partial charge in [-0.25, -0.2) is 0 Å². The van der Waals surface area contributed by atoms with E-state index in [1.165, 1.54) is 0 Å². The Morgan fingerprint density at radius 1 is 1.38 bits per heavy atom. The molecule has 0 amide bonds. The molecule has 0 bridgehead atoms. The summed E-state index contributed by atoms with van der Waals surface area (Å²) in [5, 5.41) is 3.63. The molecule has 0 aromatic heterocycles. The predicted octanol–water partition coefficient (Wildman–Crippen LogP) is 1.71. The van der Waals surface area contributed by atoms with Crippen molar-refractivity contribution in [3.63, 3.8) is 0 Å². The third kappa shape index (κ3) is 2.29. The maximum absolute atomic E-state index is 5.28. The summed E-state index contributed by atoms with van der Waals surface area (Å²) >= 11 is 0. The van der Waals surface area contributed by atoms with Crippen molar-refractivity contribution in [2.24, 2.45) is 10.9 Å². The second-order valence-corrected chi connectivity index (χ2v) is 2.80. The Hall–Kier alpha value is -1.35. The first-order valence-electron chi connectivity index (χ1n) is 4.11. The van der Waals surface area contributed by atoms with E-state index in [0.717, 1.165) is 11.3 Å². The van der Waals surface area contributed by atoms with Gasteiger partial charge in [0.15, 0.2) is 0 Å². The van der Waals surface area contributed by atoms with Crippen LogP contribution < -0.4 is 5.84 Å². The lowest BCUT2D eigenvalue weighted by molar-refractivity contribution is 0.157. The number of nitrogens with two attached hydrogens (primary N) is 1. The molecule has 0 aliphatic rings. The first kappa shape index (κ1) is 9.74. The number of hydrogen-bond donors (Lipinski definition) is 1. The normalized spacial score (nSPS) is 14.2. The first-order chi connectivity index (χ1) is 6.29. The third-order valence-electron chi connectivity index (χ3n) is 1.92. The van der Waals surface area contributed by atoms with Gasteiger partial charge in [-0.1, -0.05) is 30.3 Å². The van der Waals surface area contributed by atoms with Gasteiger partial charge in [0.2, 0.25) is 0 Å². The van der Waals surface area contributed by atoms with Crippen molar-refractivity contribution in [2.75, 3.05) is 7.11 Å². The number of ether oxygens (including phenoxy) is 1. The lowest BCUT2D eigenvalue weighted by Crippen LogP contribution is -2.12. The Labute approximate surface area is 78.2 Å². The van der Waals surface area contributed by atoms with Gasteiger partial charge in [-0.3, -0.25) is 0 Å². The van der Waals surface area contributed by atoms with Crippen molar-refractivity contribution in [3.05, 3.63) is 35.9 Å². The van der Waals surface area contributed by atoms with Crippen LogP contribution >= 0.6 is 0 Å². The van der Waals surface area contributed by atoms with E-state index in [1.807, 2.05) is 37.3 Å². The van der Waals surface area contributed by atoms with E-state index >= 15 is 0 Å². The van der Waals surface area contributed by atoms with E-state index in [4.69, 9.17) is 10.6 Å². The van der Waals surface area contributed by atoms with Crippen molar-refractivity contribution in [1.29, 1.82) is 0 Å². The molecule has 1 aromatic rings. The lowest BCUT2D eigenvalue weighted by Gasteiger charge is -2.14. The van der Waals surface area contributed by atoms with Gasteiger partial charge in [0, 0.05) is 7.11 Å². The Kier molecular flexibility index (Phi) is 3.46. The van der Waals surface area contributed by atoms with Crippen LogP contribution in [0, 0.1) is 0 Å². The number of nitrogens with zero attached hydrogens (tertiary/aromatic N) is 1. The average molecular weight is 178 g/mol. The Bertz CT molecular complexity index is 282. The summed E-state index contributed by atoms with van der Waals surface area (Å²) in [6.45, 7) is 1.85. The molecule has 1 aromatic carbocycles. The van der Waals surface area contributed by atoms with Gasteiger partial charge >= 0.3 is 0 Å². The summed E-state index contributed by atoms with van der Waals surface area (Å²) in [4.78, 5) is 0. The van der Waals surface area contributed by atoms with E-state index in [9.17, 15) is 0 Å². The van der Waals surface area contributed by atoms with E-state index < -0.39 is 0 Å². The van der Waals surface area contributed by atoms with Crippen molar-refractivity contribution >= 4 is 5.71 Å². The van der Waals surface area contributed by atoms with Crippen LogP contribution in [0.15, 0.2) is 35.4 Å². The zero-order chi connectivity index (χ0) is 9.68. The molecule has 0 aliphatic heterocycles. The highest BCUT2D eigenvalue weighted by Crippen LogP contribution is 2.17. The standard InChI is InChI=1S/C10H14N2O/c1-8(12-11)10(13-2)9-6-4-3-5-7-9/h3-7,10H,11H2,1-2H3/b12-8+. The molecule has 0 saturated heterocycles.